The maximum absolute atomic E-state index is 17.2. The minimum absolute atomic E-state index is 0.00762. The van der Waals surface area contributed by atoms with Crippen molar-refractivity contribution in [3.63, 3.8) is 0 Å². The second kappa shape index (κ2) is 9.20. The van der Waals surface area contributed by atoms with E-state index in [0.29, 0.717) is 37.7 Å². The maximum Gasteiger partial charge on any atom is 0.306 e. The first kappa shape index (κ1) is 26.2. The molecule has 0 aromatic heterocycles. The number of Topliss-reactive ketones (excluding diaryl/α,β-unsaturated/α-hetero) is 1. The van der Waals surface area contributed by atoms with Crippen molar-refractivity contribution < 1.29 is 38.1 Å². The van der Waals surface area contributed by atoms with Crippen molar-refractivity contribution in [3.05, 3.63) is 23.8 Å². The number of halogens is 1. The van der Waals surface area contributed by atoms with E-state index in [2.05, 4.69) is 0 Å². The van der Waals surface area contributed by atoms with E-state index in [9.17, 15) is 19.5 Å². The van der Waals surface area contributed by atoms with E-state index in [1.54, 1.807) is 13.0 Å². The average Bonchev–Trinajstić information content (AvgIpc) is 3.10. The van der Waals surface area contributed by atoms with Gasteiger partial charge in [-0.25, -0.2) is 4.39 Å². The second-order valence-electron chi connectivity index (χ2n) is 11.0. The van der Waals surface area contributed by atoms with Crippen LogP contribution in [0.4, 0.5) is 4.39 Å². The van der Waals surface area contributed by atoms with Crippen LogP contribution in [0.1, 0.15) is 65.7 Å². The third-order valence-corrected chi connectivity index (χ3v) is 9.45. The Labute approximate surface area is 206 Å². The van der Waals surface area contributed by atoms with Gasteiger partial charge in [0.1, 0.15) is 12.4 Å². The third-order valence-electron chi connectivity index (χ3n) is 9.45. The Morgan fingerprint density at radius 2 is 1.97 bits per heavy atom. The molecule has 0 radical (unpaired) electrons. The summed E-state index contributed by atoms with van der Waals surface area (Å²) >= 11 is 0. The number of carbonyl (C=O) groups is 3. The molecule has 1 N–H and O–H groups in total. The highest BCUT2D eigenvalue weighted by Gasteiger charge is 2.74. The number of ether oxygens (including phenoxy) is 3. The molecule has 8 heteroatoms. The Kier molecular flexibility index (Phi) is 6.88. The number of allylic oxidation sites excluding steroid dienone is 4. The highest BCUT2D eigenvalue weighted by Crippen LogP contribution is 2.70. The summed E-state index contributed by atoms with van der Waals surface area (Å²) < 4.78 is 33.7. The van der Waals surface area contributed by atoms with Gasteiger partial charge < -0.3 is 19.3 Å². The van der Waals surface area contributed by atoms with Crippen LogP contribution in [0.2, 0.25) is 0 Å². The largest absolute Gasteiger partial charge is 0.458 e. The fraction of sp³-hybridized carbons (Fsp3) is 0.741. The second-order valence-corrected chi connectivity index (χ2v) is 11.0. The van der Waals surface area contributed by atoms with Crippen molar-refractivity contribution >= 4 is 17.5 Å². The first-order valence-corrected chi connectivity index (χ1v) is 12.6. The number of hydrogen-bond donors (Lipinski definition) is 1. The van der Waals surface area contributed by atoms with Crippen LogP contribution in [-0.2, 0) is 28.6 Å². The number of hydrogen-bond acceptors (Lipinski definition) is 7. The molecular formula is C27H37FO7. The summed E-state index contributed by atoms with van der Waals surface area (Å²) in [5, 5.41) is 11.5. The lowest BCUT2D eigenvalue weighted by Gasteiger charge is -2.63. The molecule has 7 nitrogen and oxygen atoms in total. The number of carbonyl (C=O) groups excluding carboxylic acids is 3. The van der Waals surface area contributed by atoms with Crippen molar-refractivity contribution in [3.8, 4) is 0 Å². The van der Waals surface area contributed by atoms with Crippen molar-refractivity contribution in [1.82, 2.24) is 0 Å². The molecular weight excluding hydrogens is 455 g/mol. The lowest BCUT2D eigenvalue weighted by atomic mass is 9.44. The molecule has 0 aromatic carbocycles. The van der Waals surface area contributed by atoms with Crippen LogP contribution in [0.15, 0.2) is 23.8 Å². The van der Waals surface area contributed by atoms with Gasteiger partial charge in [0.15, 0.2) is 18.1 Å². The van der Waals surface area contributed by atoms with Gasteiger partial charge in [-0.05, 0) is 63.5 Å². The molecule has 0 aromatic rings. The van der Waals surface area contributed by atoms with E-state index in [0.717, 1.165) is 0 Å². The molecule has 4 rings (SSSR count). The van der Waals surface area contributed by atoms with Crippen LogP contribution in [0.5, 0.6) is 0 Å². The molecule has 4 aliphatic rings. The standard InChI is InChI=1S/C27H37FO7/c1-5-6-23(32)34-15-22(31)26(35-16-33-4)12-10-19-20-8-7-17-13-18(29)9-11-24(17,2)27(20,28)21(30)14-25(19,26)3/h9,11,13,19-21,30H,5-8,10,12,14-16H2,1-4H3/t19-,20-,21?,24-,25-,26-,27-/m0/s1. The Bertz CT molecular complexity index is 959. The summed E-state index contributed by atoms with van der Waals surface area (Å²) in [7, 11) is 1.46. The molecule has 35 heavy (non-hydrogen) atoms. The maximum atomic E-state index is 17.2. The first-order chi connectivity index (χ1) is 16.5. The van der Waals surface area contributed by atoms with Gasteiger partial charge >= 0.3 is 5.97 Å². The molecule has 194 valence electrons. The molecule has 0 saturated heterocycles. The Morgan fingerprint density at radius 3 is 2.66 bits per heavy atom. The Balaban J connectivity index is 1.70. The van der Waals surface area contributed by atoms with Gasteiger partial charge in [-0.2, -0.15) is 0 Å². The quantitative estimate of drug-likeness (QED) is 0.408. The summed E-state index contributed by atoms with van der Waals surface area (Å²) in [5.41, 5.74) is -4.61. The molecule has 3 saturated carbocycles. The molecule has 3 fully saturated rings. The van der Waals surface area contributed by atoms with Crippen LogP contribution < -0.4 is 0 Å². The van der Waals surface area contributed by atoms with Crippen molar-refractivity contribution in [2.45, 2.75) is 83.1 Å². The van der Waals surface area contributed by atoms with Crippen LogP contribution in [0, 0.1) is 22.7 Å². The fourth-order valence-electron chi connectivity index (χ4n) is 7.67. The minimum atomic E-state index is -1.98. The van der Waals surface area contributed by atoms with Gasteiger partial charge in [-0.3, -0.25) is 14.4 Å². The molecule has 1 unspecified atom stereocenters. The Morgan fingerprint density at radius 1 is 1.23 bits per heavy atom. The highest BCUT2D eigenvalue weighted by molar-refractivity contribution is 6.01. The van der Waals surface area contributed by atoms with E-state index in [1.165, 1.54) is 19.3 Å². The molecule has 0 heterocycles. The third kappa shape index (κ3) is 3.66. The van der Waals surface area contributed by atoms with E-state index in [4.69, 9.17) is 14.2 Å². The van der Waals surface area contributed by atoms with Gasteiger partial charge in [0.05, 0.1) is 6.10 Å². The van der Waals surface area contributed by atoms with Crippen molar-refractivity contribution in [1.29, 1.82) is 0 Å². The zero-order valence-corrected chi connectivity index (χ0v) is 21.1. The number of fused-ring (bicyclic) bond motifs is 5. The predicted molar refractivity (Wildman–Crippen MR) is 125 cm³/mol. The highest BCUT2D eigenvalue weighted by atomic mass is 19.1. The van der Waals surface area contributed by atoms with Crippen LogP contribution in [0.3, 0.4) is 0 Å². The van der Waals surface area contributed by atoms with Crippen LogP contribution in [0.25, 0.3) is 0 Å². The summed E-state index contributed by atoms with van der Waals surface area (Å²) in [4.78, 5) is 37.6. The van der Waals surface area contributed by atoms with E-state index in [-0.39, 0.29) is 37.1 Å². The number of methoxy groups -OCH3 is 1. The van der Waals surface area contributed by atoms with Gasteiger partial charge in [-0.1, -0.05) is 25.5 Å². The number of ketones is 2. The van der Waals surface area contributed by atoms with Crippen molar-refractivity contribution in [2.75, 3.05) is 20.5 Å². The first-order valence-electron chi connectivity index (χ1n) is 12.6. The van der Waals surface area contributed by atoms with E-state index >= 15 is 4.39 Å². The summed E-state index contributed by atoms with van der Waals surface area (Å²) in [5.74, 6) is -1.77. The zero-order chi connectivity index (χ0) is 25.6. The smallest absolute Gasteiger partial charge is 0.306 e. The normalized spacial score (nSPS) is 42.1. The van der Waals surface area contributed by atoms with Crippen LogP contribution >= 0.6 is 0 Å². The predicted octanol–water partition coefficient (Wildman–Crippen LogP) is 3.63. The Hall–Kier alpha value is -1.90. The lowest BCUT2D eigenvalue weighted by Crippen LogP contribution is -2.69. The summed E-state index contributed by atoms with van der Waals surface area (Å²) in [6, 6.07) is 0. The zero-order valence-electron chi connectivity index (χ0n) is 21.1. The van der Waals surface area contributed by atoms with Gasteiger partial charge in [-0.15, -0.1) is 0 Å². The minimum Gasteiger partial charge on any atom is -0.458 e. The SMILES string of the molecule is CCCC(=O)OCC(=O)[C@@]1(OCOC)CC[C@H]2[C@@H]3CCC4=CC(=O)C=C[C@]4(C)[C@@]3(F)C(O)C[C@@]21C. The summed E-state index contributed by atoms with van der Waals surface area (Å²) in [6.45, 7) is 4.94. The van der Waals surface area contributed by atoms with Gasteiger partial charge in [0.2, 0.25) is 5.78 Å². The number of aliphatic hydroxyl groups is 1. The number of alkyl halides is 1. The van der Waals surface area contributed by atoms with Gasteiger partial charge in [0.25, 0.3) is 0 Å². The molecule has 0 amide bonds. The molecule has 7 atom stereocenters. The van der Waals surface area contributed by atoms with E-state index < -0.39 is 46.7 Å². The van der Waals surface area contributed by atoms with Gasteiger partial charge in [0, 0.05) is 30.3 Å². The van der Waals surface area contributed by atoms with Crippen LogP contribution in [-0.4, -0.2) is 60.5 Å². The summed E-state index contributed by atoms with van der Waals surface area (Å²) in [6.07, 6.45) is 5.86. The van der Waals surface area contributed by atoms with Crippen molar-refractivity contribution in [2.24, 2.45) is 22.7 Å². The lowest BCUT2D eigenvalue weighted by molar-refractivity contribution is -0.238. The topological polar surface area (TPSA) is 99.1 Å². The number of aliphatic hydroxyl groups excluding tert-OH is 1. The monoisotopic (exact) mass is 492 g/mol. The fourth-order valence-corrected chi connectivity index (χ4v) is 7.67. The number of esters is 1. The molecule has 0 aliphatic heterocycles. The molecule has 4 aliphatic carbocycles. The average molecular weight is 493 g/mol. The molecule has 0 bridgehead atoms. The molecule has 0 spiro atoms. The van der Waals surface area contributed by atoms with E-state index in [1.807, 2.05) is 13.8 Å². The number of rotatable bonds is 8.